The van der Waals surface area contributed by atoms with E-state index in [1.807, 2.05) is 24.3 Å². The maximum absolute atomic E-state index is 12.6. The highest BCUT2D eigenvalue weighted by Gasteiger charge is 2.19. The van der Waals surface area contributed by atoms with Crippen LogP contribution in [0.2, 0.25) is 0 Å². The molecule has 3 aromatic rings. The Hall–Kier alpha value is -2.73. The molecule has 0 atom stereocenters. The molecular formula is C17H13N3O2S. The van der Waals surface area contributed by atoms with E-state index in [2.05, 4.69) is 15.3 Å². The quantitative estimate of drug-likeness (QED) is 0.760. The van der Waals surface area contributed by atoms with Crippen LogP contribution in [-0.4, -0.2) is 28.8 Å². The SMILES string of the molecule is O=C(Nc1nc2ccccc2s1)c1ccc(O)c2c1C=NCC2. The fourth-order valence-corrected chi connectivity index (χ4v) is 3.54. The van der Waals surface area contributed by atoms with Crippen molar-refractivity contribution in [3.63, 3.8) is 0 Å². The third kappa shape index (κ3) is 2.47. The van der Waals surface area contributed by atoms with Crippen molar-refractivity contribution in [1.82, 2.24) is 4.98 Å². The van der Waals surface area contributed by atoms with Gasteiger partial charge in [0.25, 0.3) is 5.91 Å². The van der Waals surface area contributed by atoms with Crippen molar-refractivity contribution >= 4 is 38.8 Å². The summed E-state index contributed by atoms with van der Waals surface area (Å²) in [7, 11) is 0. The first-order valence-corrected chi connectivity index (χ1v) is 8.05. The summed E-state index contributed by atoms with van der Waals surface area (Å²) in [5.41, 5.74) is 2.83. The zero-order valence-corrected chi connectivity index (χ0v) is 12.9. The zero-order chi connectivity index (χ0) is 15.8. The van der Waals surface area contributed by atoms with E-state index in [4.69, 9.17) is 0 Å². The first kappa shape index (κ1) is 13.9. The van der Waals surface area contributed by atoms with E-state index >= 15 is 0 Å². The third-order valence-electron chi connectivity index (χ3n) is 3.80. The number of rotatable bonds is 2. The lowest BCUT2D eigenvalue weighted by Crippen LogP contribution is -2.17. The van der Waals surface area contributed by atoms with Crippen LogP contribution in [0.4, 0.5) is 5.13 Å². The molecule has 1 aliphatic heterocycles. The summed E-state index contributed by atoms with van der Waals surface area (Å²) in [6.45, 7) is 0.628. The number of anilines is 1. The molecule has 0 fully saturated rings. The minimum absolute atomic E-state index is 0.211. The number of nitrogens with one attached hydrogen (secondary N) is 1. The molecule has 1 amide bonds. The maximum atomic E-state index is 12.6. The fourth-order valence-electron chi connectivity index (χ4n) is 2.68. The molecule has 5 nitrogen and oxygen atoms in total. The van der Waals surface area contributed by atoms with E-state index in [1.54, 1.807) is 18.3 Å². The average Bonchev–Trinajstić information content (AvgIpc) is 2.97. The van der Waals surface area contributed by atoms with E-state index < -0.39 is 0 Å². The van der Waals surface area contributed by atoms with Crippen LogP contribution in [0.25, 0.3) is 10.2 Å². The molecule has 23 heavy (non-hydrogen) atoms. The van der Waals surface area contributed by atoms with Crippen molar-refractivity contribution in [3.05, 3.63) is 53.1 Å². The number of hydrogen-bond donors (Lipinski definition) is 2. The third-order valence-corrected chi connectivity index (χ3v) is 4.75. The summed E-state index contributed by atoms with van der Waals surface area (Å²) in [6.07, 6.45) is 2.30. The molecule has 1 aliphatic rings. The average molecular weight is 323 g/mol. The number of benzene rings is 2. The first-order chi connectivity index (χ1) is 11.2. The van der Waals surface area contributed by atoms with E-state index in [1.165, 1.54) is 11.3 Å². The van der Waals surface area contributed by atoms with Crippen molar-refractivity contribution < 1.29 is 9.90 Å². The highest BCUT2D eigenvalue weighted by Crippen LogP contribution is 2.29. The van der Waals surface area contributed by atoms with Gasteiger partial charge in [-0.3, -0.25) is 15.1 Å². The summed E-state index contributed by atoms with van der Waals surface area (Å²) in [5.74, 6) is -0.0312. The number of phenols is 1. The Bertz CT molecular complexity index is 913. The Balaban J connectivity index is 1.69. The van der Waals surface area contributed by atoms with Crippen molar-refractivity contribution in [2.24, 2.45) is 4.99 Å². The van der Waals surface area contributed by atoms with E-state index in [0.717, 1.165) is 15.8 Å². The molecule has 114 valence electrons. The predicted octanol–water partition coefficient (Wildman–Crippen LogP) is 3.23. The van der Waals surface area contributed by atoms with Crippen LogP contribution in [0.3, 0.4) is 0 Å². The second-order valence-electron chi connectivity index (χ2n) is 5.25. The number of nitrogens with zero attached hydrogens (tertiary/aromatic N) is 2. The number of carbonyl (C=O) groups is 1. The Morgan fingerprint density at radius 1 is 1.22 bits per heavy atom. The molecule has 4 rings (SSSR count). The molecule has 0 bridgehead atoms. The number of hydrogen-bond acceptors (Lipinski definition) is 5. The van der Waals surface area contributed by atoms with Crippen LogP contribution in [-0.2, 0) is 6.42 Å². The molecular weight excluding hydrogens is 310 g/mol. The van der Waals surface area contributed by atoms with Crippen molar-refractivity contribution in [2.45, 2.75) is 6.42 Å². The van der Waals surface area contributed by atoms with Gasteiger partial charge in [-0.25, -0.2) is 4.98 Å². The summed E-state index contributed by atoms with van der Waals surface area (Å²) in [4.78, 5) is 21.2. The van der Waals surface area contributed by atoms with Crippen molar-refractivity contribution in [1.29, 1.82) is 0 Å². The highest BCUT2D eigenvalue weighted by molar-refractivity contribution is 7.22. The smallest absolute Gasteiger partial charge is 0.258 e. The van der Waals surface area contributed by atoms with Crippen molar-refractivity contribution in [2.75, 3.05) is 11.9 Å². The molecule has 6 heteroatoms. The van der Waals surface area contributed by atoms with Gasteiger partial charge in [0.05, 0.1) is 10.2 Å². The lowest BCUT2D eigenvalue weighted by Gasteiger charge is -2.15. The lowest BCUT2D eigenvalue weighted by molar-refractivity contribution is 0.102. The number of aromatic hydroxyl groups is 1. The fraction of sp³-hybridized carbons (Fsp3) is 0.118. The van der Waals surface area contributed by atoms with Gasteiger partial charge in [0.15, 0.2) is 5.13 Å². The van der Waals surface area contributed by atoms with Crippen LogP contribution >= 0.6 is 11.3 Å². The Labute approximate surface area is 136 Å². The lowest BCUT2D eigenvalue weighted by atomic mass is 9.96. The Kier molecular flexibility index (Phi) is 3.31. The van der Waals surface area contributed by atoms with Gasteiger partial charge in [0, 0.05) is 29.4 Å². The van der Waals surface area contributed by atoms with Gasteiger partial charge < -0.3 is 5.11 Å². The molecule has 1 aromatic heterocycles. The Morgan fingerprint density at radius 2 is 2.09 bits per heavy atom. The molecule has 0 radical (unpaired) electrons. The number of para-hydroxylation sites is 1. The number of fused-ring (bicyclic) bond motifs is 2. The van der Waals surface area contributed by atoms with E-state index in [-0.39, 0.29) is 11.7 Å². The number of amides is 1. The van der Waals surface area contributed by atoms with Gasteiger partial charge in [-0.2, -0.15) is 0 Å². The molecule has 0 spiro atoms. The van der Waals surface area contributed by atoms with E-state index in [0.29, 0.717) is 29.2 Å². The van der Waals surface area contributed by atoms with Gasteiger partial charge in [0.1, 0.15) is 5.75 Å². The monoisotopic (exact) mass is 323 g/mol. The molecule has 0 aliphatic carbocycles. The number of aromatic nitrogens is 1. The van der Waals surface area contributed by atoms with Crippen LogP contribution in [0, 0.1) is 0 Å². The van der Waals surface area contributed by atoms with Gasteiger partial charge in [-0.05, 0) is 30.7 Å². The normalized spacial score (nSPS) is 13.0. The largest absolute Gasteiger partial charge is 0.508 e. The standard InChI is InChI=1S/C17H13N3O2S/c21-14-6-5-11(12-9-18-8-7-10(12)14)16(22)20-17-19-13-3-1-2-4-15(13)23-17/h1-6,9,21H,7-8H2,(H,19,20,22). The number of phenolic OH excluding ortho intramolecular Hbond substituents is 1. The number of aliphatic imine (C=N–C) groups is 1. The summed E-state index contributed by atoms with van der Waals surface area (Å²) >= 11 is 1.43. The molecule has 0 saturated carbocycles. The van der Waals surface area contributed by atoms with Crippen LogP contribution in [0.5, 0.6) is 5.75 Å². The second-order valence-corrected chi connectivity index (χ2v) is 6.28. The summed E-state index contributed by atoms with van der Waals surface area (Å²) < 4.78 is 1.03. The summed E-state index contributed by atoms with van der Waals surface area (Å²) in [5, 5.41) is 13.3. The highest BCUT2D eigenvalue weighted by atomic mass is 32.1. The van der Waals surface area contributed by atoms with Gasteiger partial charge in [-0.1, -0.05) is 23.5 Å². The zero-order valence-electron chi connectivity index (χ0n) is 12.1. The molecule has 2 aromatic carbocycles. The second kappa shape index (κ2) is 5.48. The maximum Gasteiger partial charge on any atom is 0.258 e. The first-order valence-electron chi connectivity index (χ1n) is 7.24. The molecule has 0 saturated heterocycles. The van der Waals surface area contributed by atoms with Gasteiger partial charge >= 0.3 is 0 Å². The van der Waals surface area contributed by atoms with Gasteiger partial charge in [-0.15, -0.1) is 0 Å². The summed E-state index contributed by atoms with van der Waals surface area (Å²) in [6, 6.07) is 10.9. The number of thiazole rings is 1. The van der Waals surface area contributed by atoms with Crippen LogP contribution < -0.4 is 5.32 Å². The van der Waals surface area contributed by atoms with Crippen molar-refractivity contribution in [3.8, 4) is 5.75 Å². The van der Waals surface area contributed by atoms with Gasteiger partial charge in [0.2, 0.25) is 0 Å². The van der Waals surface area contributed by atoms with Crippen LogP contribution in [0.1, 0.15) is 21.5 Å². The topological polar surface area (TPSA) is 74.6 Å². The molecule has 2 heterocycles. The molecule has 0 unspecified atom stereocenters. The minimum atomic E-state index is -0.242. The molecule has 2 N–H and O–H groups in total. The minimum Gasteiger partial charge on any atom is -0.508 e. The number of carbonyl (C=O) groups excluding carboxylic acids is 1. The predicted molar refractivity (Wildman–Crippen MR) is 91.8 cm³/mol. The van der Waals surface area contributed by atoms with Crippen LogP contribution in [0.15, 0.2) is 41.4 Å². The Morgan fingerprint density at radius 3 is 2.96 bits per heavy atom. The van der Waals surface area contributed by atoms with E-state index in [9.17, 15) is 9.90 Å².